The van der Waals surface area contributed by atoms with Gasteiger partial charge in [-0.3, -0.25) is 4.79 Å². The van der Waals surface area contributed by atoms with E-state index in [1.807, 2.05) is 17.9 Å². The van der Waals surface area contributed by atoms with Crippen LogP contribution in [0.3, 0.4) is 0 Å². The van der Waals surface area contributed by atoms with Gasteiger partial charge in [0.2, 0.25) is 11.9 Å². The topological polar surface area (TPSA) is 86.7 Å². The number of nitrogens with zero attached hydrogens (tertiary/aromatic N) is 5. The van der Waals surface area contributed by atoms with E-state index in [-0.39, 0.29) is 18.4 Å². The predicted octanol–water partition coefficient (Wildman–Crippen LogP) is 1.60. The van der Waals surface area contributed by atoms with Crippen molar-refractivity contribution >= 4 is 33.2 Å². The molecule has 2 fully saturated rings. The maximum Gasteiger partial charge on any atom is 0.252 e. The van der Waals surface area contributed by atoms with E-state index in [4.69, 9.17) is 0 Å². The summed E-state index contributed by atoms with van der Waals surface area (Å²) in [6.07, 6.45) is 4.87. The Labute approximate surface area is 175 Å². The van der Waals surface area contributed by atoms with Crippen LogP contribution >= 0.6 is 11.3 Å². The van der Waals surface area contributed by atoms with Gasteiger partial charge in [-0.05, 0) is 38.0 Å². The average Bonchev–Trinajstić information content (AvgIpc) is 3.21. The molecule has 0 aromatic carbocycles. The van der Waals surface area contributed by atoms with Gasteiger partial charge < -0.3 is 9.80 Å². The number of piperazine rings is 1. The molecule has 8 nitrogen and oxygen atoms in total. The molecule has 2 aliphatic heterocycles. The summed E-state index contributed by atoms with van der Waals surface area (Å²) in [6.45, 7) is 5.20. The maximum atomic E-state index is 13.1. The lowest BCUT2D eigenvalue weighted by Gasteiger charge is -2.38. The molecule has 0 bridgehead atoms. The minimum absolute atomic E-state index is 0.0564. The summed E-state index contributed by atoms with van der Waals surface area (Å²) in [5.74, 6) is 0.459. The molecule has 0 unspecified atom stereocenters. The molecule has 29 heavy (non-hydrogen) atoms. The standard InChI is InChI=1S/C19H25N5O3S2/c1-15-5-6-17(28-15)29(26,27)24-9-2-4-16(14-24)18(25)22-10-12-23(13-11-22)19-20-7-3-8-21-19/h3,5-8,16H,2,4,9-14H2,1H3/t16-/m0/s1. The minimum atomic E-state index is -3.53. The lowest BCUT2D eigenvalue weighted by atomic mass is 9.98. The molecule has 0 spiro atoms. The molecule has 4 rings (SSSR count). The zero-order valence-electron chi connectivity index (χ0n) is 16.4. The Morgan fingerprint density at radius 2 is 1.83 bits per heavy atom. The number of aromatic nitrogens is 2. The minimum Gasteiger partial charge on any atom is -0.339 e. The van der Waals surface area contributed by atoms with Crippen molar-refractivity contribution in [2.75, 3.05) is 44.2 Å². The Bertz CT molecular complexity index is 955. The number of sulfonamides is 1. The molecule has 2 aliphatic rings. The number of thiophene rings is 1. The fourth-order valence-corrected chi connectivity index (χ4v) is 6.84. The number of hydrogen-bond acceptors (Lipinski definition) is 7. The van der Waals surface area contributed by atoms with E-state index in [0.29, 0.717) is 49.3 Å². The van der Waals surface area contributed by atoms with Crippen LogP contribution in [0.25, 0.3) is 0 Å². The zero-order valence-corrected chi connectivity index (χ0v) is 18.0. The van der Waals surface area contributed by atoms with Crippen molar-refractivity contribution < 1.29 is 13.2 Å². The summed E-state index contributed by atoms with van der Waals surface area (Å²) in [6, 6.07) is 5.26. The molecule has 0 aliphatic carbocycles. The Kier molecular flexibility index (Phi) is 5.84. The van der Waals surface area contributed by atoms with Gasteiger partial charge in [0, 0.05) is 56.5 Å². The van der Waals surface area contributed by atoms with Crippen molar-refractivity contribution in [1.82, 2.24) is 19.2 Å². The fourth-order valence-electron chi connectivity index (χ4n) is 3.88. The largest absolute Gasteiger partial charge is 0.339 e. The van der Waals surface area contributed by atoms with Crippen LogP contribution in [0.5, 0.6) is 0 Å². The normalized spacial score (nSPS) is 21.3. The third-order valence-corrected chi connectivity index (χ3v) is 8.80. The molecule has 0 N–H and O–H groups in total. The number of carbonyl (C=O) groups excluding carboxylic acids is 1. The molecule has 1 atom stereocenters. The van der Waals surface area contributed by atoms with Gasteiger partial charge in [-0.15, -0.1) is 11.3 Å². The number of carbonyl (C=O) groups is 1. The molecular weight excluding hydrogens is 410 g/mol. The molecule has 0 radical (unpaired) electrons. The Balaban J connectivity index is 1.38. The third kappa shape index (κ3) is 4.29. The van der Waals surface area contributed by atoms with Crippen LogP contribution < -0.4 is 4.90 Å². The number of anilines is 1. The van der Waals surface area contributed by atoms with Crippen molar-refractivity contribution in [3.05, 3.63) is 35.5 Å². The van der Waals surface area contributed by atoms with E-state index in [1.54, 1.807) is 24.5 Å². The van der Waals surface area contributed by atoms with E-state index in [0.717, 1.165) is 11.3 Å². The van der Waals surface area contributed by atoms with E-state index in [9.17, 15) is 13.2 Å². The second-order valence-corrected chi connectivity index (χ2v) is 10.9. The van der Waals surface area contributed by atoms with Gasteiger partial charge in [0.1, 0.15) is 4.21 Å². The highest BCUT2D eigenvalue weighted by atomic mass is 32.2. The number of piperidine rings is 1. The van der Waals surface area contributed by atoms with Crippen LogP contribution in [0.1, 0.15) is 17.7 Å². The molecule has 2 aromatic rings. The van der Waals surface area contributed by atoms with Crippen molar-refractivity contribution in [1.29, 1.82) is 0 Å². The molecule has 4 heterocycles. The van der Waals surface area contributed by atoms with Gasteiger partial charge in [0.25, 0.3) is 10.0 Å². The third-order valence-electron chi connectivity index (χ3n) is 5.47. The van der Waals surface area contributed by atoms with Crippen molar-refractivity contribution in [2.24, 2.45) is 5.92 Å². The van der Waals surface area contributed by atoms with Gasteiger partial charge in [-0.2, -0.15) is 4.31 Å². The highest BCUT2D eigenvalue weighted by molar-refractivity contribution is 7.91. The van der Waals surface area contributed by atoms with Crippen molar-refractivity contribution in [3.63, 3.8) is 0 Å². The molecule has 2 aromatic heterocycles. The molecule has 0 saturated carbocycles. The number of hydrogen-bond donors (Lipinski definition) is 0. The number of amides is 1. The van der Waals surface area contributed by atoms with Crippen LogP contribution in [-0.2, 0) is 14.8 Å². The second-order valence-electron chi connectivity index (χ2n) is 7.43. The number of aryl methyl sites for hydroxylation is 1. The fraction of sp³-hybridized carbons (Fsp3) is 0.526. The highest BCUT2D eigenvalue weighted by Gasteiger charge is 2.36. The summed E-state index contributed by atoms with van der Waals surface area (Å²) >= 11 is 1.28. The summed E-state index contributed by atoms with van der Waals surface area (Å²) in [4.78, 5) is 26.5. The van der Waals surface area contributed by atoms with Gasteiger partial charge in [0.05, 0.1) is 5.92 Å². The van der Waals surface area contributed by atoms with E-state index in [2.05, 4.69) is 14.9 Å². The summed E-state index contributed by atoms with van der Waals surface area (Å²) in [5.41, 5.74) is 0. The smallest absolute Gasteiger partial charge is 0.252 e. The first kappa shape index (κ1) is 20.2. The van der Waals surface area contributed by atoms with Crippen LogP contribution in [0, 0.1) is 12.8 Å². The van der Waals surface area contributed by atoms with E-state index >= 15 is 0 Å². The van der Waals surface area contributed by atoms with Crippen molar-refractivity contribution in [3.8, 4) is 0 Å². The molecular formula is C19H25N5O3S2. The monoisotopic (exact) mass is 435 g/mol. The predicted molar refractivity (Wildman–Crippen MR) is 111 cm³/mol. The molecule has 156 valence electrons. The Morgan fingerprint density at radius 3 is 2.48 bits per heavy atom. The highest BCUT2D eigenvalue weighted by Crippen LogP contribution is 2.29. The molecule has 2 saturated heterocycles. The van der Waals surface area contributed by atoms with Gasteiger partial charge in [-0.25, -0.2) is 18.4 Å². The first-order valence-corrected chi connectivity index (χ1v) is 12.1. The lowest BCUT2D eigenvalue weighted by Crippen LogP contribution is -2.53. The SMILES string of the molecule is Cc1ccc(S(=O)(=O)N2CCC[C@H](C(=O)N3CCN(c4ncccn4)CC3)C2)s1. The van der Waals surface area contributed by atoms with Crippen LogP contribution in [-0.4, -0.2) is 72.8 Å². The lowest BCUT2D eigenvalue weighted by molar-refractivity contribution is -0.137. The second kappa shape index (κ2) is 8.37. The van der Waals surface area contributed by atoms with Crippen molar-refractivity contribution in [2.45, 2.75) is 24.0 Å². The summed E-state index contributed by atoms with van der Waals surface area (Å²) in [5, 5.41) is 0. The summed E-state index contributed by atoms with van der Waals surface area (Å²) < 4.78 is 27.7. The number of rotatable bonds is 4. The van der Waals surface area contributed by atoms with Gasteiger partial charge >= 0.3 is 0 Å². The van der Waals surface area contributed by atoms with Gasteiger partial charge in [0.15, 0.2) is 0 Å². The van der Waals surface area contributed by atoms with E-state index in [1.165, 1.54) is 15.6 Å². The van der Waals surface area contributed by atoms with Crippen LogP contribution in [0.4, 0.5) is 5.95 Å². The molecule has 1 amide bonds. The quantitative estimate of drug-likeness (QED) is 0.725. The maximum absolute atomic E-state index is 13.1. The first-order chi connectivity index (χ1) is 13.9. The molecule has 10 heteroatoms. The zero-order chi connectivity index (χ0) is 20.4. The first-order valence-electron chi connectivity index (χ1n) is 9.82. The Morgan fingerprint density at radius 1 is 1.10 bits per heavy atom. The van der Waals surface area contributed by atoms with Crippen LogP contribution in [0.2, 0.25) is 0 Å². The van der Waals surface area contributed by atoms with Crippen LogP contribution in [0.15, 0.2) is 34.8 Å². The van der Waals surface area contributed by atoms with Gasteiger partial charge in [-0.1, -0.05) is 0 Å². The Hall–Kier alpha value is -2.04. The summed E-state index contributed by atoms with van der Waals surface area (Å²) in [7, 11) is -3.53. The van der Waals surface area contributed by atoms with E-state index < -0.39 is 10.0 Å². The average molecular weight is 436 g/mol.